The smallest absolute Gasteiger partial charge is 0.411 e. The molecule has 0 saturated heterocycles. The van der Waals surface area contributed by atoms with E-state index >= 15 is 0 Å². The van der Waals surface area contributed by atoms with Gasteiger partial charge in [0.2, 0.25) is 17.7 Å². The maximum Gasteiger partial charge on any atom is 0.411 e. The van der Waals surface area contributed by atoms with E-state index in [0.29, 0.717) is 55.0 Å². The Morgan fingerprint density at radius 2 is 1.60 bits per heavy atom. The first-order chi connectivity index (χ1) is 32.2. The number of pyridine rings is 1. The van der Waals surface area contributed by atoms with Crippen LogP contribution in [0.3, 0.4) is 0 Å². The van der Waals surface area contributed by atoms with Crippen molar-refractivity contribution < 1.29 is 43.0 Å². The average molecular weight is 939 g/mol. The Bertz CT molecular complexity index is 2430. The second-order valence-corrected chi connectivity index (χ2v) is 17.3. The number of nitrogens with two attached hydrogens (primary N) is 1. The van der Waals surface area contributed by atoms with Gasteiger partial charge in [0.25, 0.3) is 17.4 Å². The number of carbonyl (C=O) groups is 7. The number of thiophene rings is 1. The van der Waals surface area contributed by atoms with Crippen LogP contribution in [0.2, 0.25) is 0 Å². The lowest BCUT2D eigenvalue weighted by Crippen LogP contribution is -2.54. The molecule has 0 bridgehead atoms. The van der Waals surface area contributed by atoms with Crippen LogP contribution in [0, 0.1) is 12.8 Å². The number of ether oxygens (including phenoxy) is 2. The van der Waals surface area contributed by atoms with Crippen molar-refractivity contribution in [2.45, 2.75) is 91.0 Å². The van der Waals surface area contributed by atoms with E-state index in [-0.39, 0.29) is 68.3 Å². The van der Waals surface area contributed by atoms with Crippen molar-refractivity contribution in [1.82, 2.24) is 25.4 Å². The molecule has 2 aromatic carbocycles. The van der Waals surface area contributed by atoms with Gasteiger partial charge in [-0.2, -0.15) is 0 Å². The molecule has 0 radical (unpaired) electrons. The Kier molecular flexibility index (Phi) is 19.2. The van der Waals surface area contributed by atoms with Crippen LogP contribution in [-0.2, 0) is 48.3 Å². The summed E-state index contributed by atoms with van der Waals surface area (Å²) in [5.74, 6) is -2.01. The van der Waals surface area contributed by atoms with E-state index in [4.69, 9.17) is 15.2 Å². The minimum atomic E-state index is -1.05. The highest BCUT2D eigenvalue weighted by Crippen LogP contribution is 2.21. The van der Waals surface area contributed by atoms with E-state index in [1.165, 1.54) is 23.1 Å². The van der Waals surface area contributed by atoms with Gasteiger partial charge in [0, 0.05) is 66.6 Å². The summed E-state index contributed by atoms with van der Waals surface area (Å²) in [5, 5.41) is 15.6. The fourth-order valence-corrected chi connectivity index (χ4v) is 7.72. The number of unbranched alkanes of at least 4 members (excludes halogenated alkanes) is 2. The van der Waals surface area contributed by atoms with Crippen LogP contribution in [0.15, 0.2) is 95.3 Å². The molecule has 0 spiro atoms. The zero-order valence-electron chi connectivity index (χ0n) is 37.8. The molecule has 0 saturated carbocycles. The number of nitrogens with zero attached hydrogens (tertiary/aromatic N) is 2. The molecule has 4 aromatic rings. The first kappa shape index (κ1) is 50.7. The third-order valence-electron chi connectivity index (χ3n) is 10.8. The normalized spacial score (nSPS) is 12.9. The van der Waals surface area contributed by atoms with Crippen LogP contribution < -0.4 is 42.6 Å². The van der Waals surface area contributed by atoms with Crippen molar-refractivity contribution >= 4 is 64.4 Å². The molecule has 0 fully saturated rings. The van der Waals surface area contributed by atoms with Gasteiger partial charge in [0.15, 0.2) is 0 Å². The van der Waals surface area contributed by atoms with Gasteiger partial charge in [0.05, 0.1) is 13.2 Å². The van der Waals surface area contributed by atoms with E-state index in [1.807, 2.05) is 30.5 Å². The lowest BCUT2D eigenvalue weighted by Gasteiger charge is -2.25. The lowest BCUT2D eigenvalue weighted by atomic mass is 10.0. The Hall–Kier alpha value is -7.28. The van der Waals surface area contributed by atoms with Gasteiger partial charge >= 0.3 is 12.1 Å². The van der Waals surface area contributed by atoms with Crippen molar-refractivity contribution in [2.75, 3.05) is 30.3 Å². The van der Waals surface area contributed by atoms with Crippen molar-refractivity contribution in [1.29, 1.82) is 0 Å². The number of amides is 8. The molecule has 1 aliphatic rings. The molecule has 3 heterocycles. The maximum absolute atomic E-state index is 13.6. The monoisotopic (exact) mass is 938 g/mol. The zero-order chi connectivity index (χ0) is 48.3. The second-order valence-electron chi connectivity index (χ2n) is 16.2. The summed E-state index contributed by atoms with van der Waals surface area (Å²) in [7, 11) is 0. The first-order valence-corrected chi connectivity index (χ1v) is 23.0. The highest BCUT2D eigenvalue weighted by atomic mass is 32.1. The summed E-state index contributed by atoms with van der Waals surface area (Å²) in [4.78, 5) is 103. The van der Waals surface area contributed by atoms with Crippen LogP contribution >= 0.6 is 11.3 Å². The molecule has 2 aromatic heterocycles. The predicted molar refractivity (Wildman–Crippen MR) is 253 cm³/mol. The first-order valence-electron chi connectivity index (χ1n) is 22.1. The summed E-state index contributed by atoms with van der Waals surface area (Å²) >= 11 is 1.66. The number of primary amides is 1. The minimum absolute atomic E-state index is 0.0812. The van der Waals surface area contributed by atoms with Crippen LogP contribution in [0.5, 0.6) is 5.75 Å². The summed E-state index contributed by atoms with van der Waals surface area (Å²) in [6, 6.07) is 16.5. The van der Waals surface area contributed by atoms with Gasteiger partial charge in [-0.3, -0.25) is 39.0 Å². The number of hydrogen-bond donors (Lipinski definition) is 6. The van der Waals surface area contributed by atoms with Crippen molar-refractivity contribution in [3.63, 3.8) is 0 Å². The fraction of sp³-hybridized carbons (Fsp3) is 0.375. The fourth-order valence-electron chi connectivity index (χ4n) is 7.03. The molecule has 7 N–H and O–H groups in total. The standard InChI is InChI=1S/C48H58N8O10S/c1-31(2)44(54-40(57)14-5-4-6-24-56-41(58)19-20-42(56)59)46(62)52-39(13-8-23-50-47(49)63)45(61)51-35-17-15-33(16-18-35)30-66-48(64)53-38-12-7-10-34(32(38)3)29-55-25-21-36(28-43(55)60)65-26-22-37-11-9-27-67-37/h7,9-12,15-21,25,27-28,31,39,44H,4-6,8,13-14,22-24,26,29-30H2,1-3H3,(H,51,61)(H,52,62)(H,53,64)(H,54,57)(H3,49,50,63). The van der Waals surface area contributed by atoms with Gasteiger partial charge in [-0.15, -0.1) is 11.3 Å². The van der Waals surface area contributed by atoms with Crippen molar-refractivity contribution in [3.8, 4) is 5.75 Å². The van der Waals surface area contributed by atoms with E-state index < -0.39 is 36.0 Å². The number of rotatable bonds is 25. The Morgan fingerprint density at radius 3 is 2.28 bits per heavy atom. The Morgan fingerprint density at radius 1 is 0.836 bits per heavy atom. The van der Waals surface area contributed by atoms with Crippen molar-refractivity contribution in [2.24, 2.45) is 11.7 Å². The zero-order valence-corrected chi connectivity index (χ0v) is 38.7. The summed E-state index contributed by atoms with van der Waals surface area (Å²) in [5.41, 5.74) is 8.12. The highest BCUT2D eigenvalue weighted by Gasteiger charge is 2.29. The van der Waals surface area contributed by atoms with Crippen LogP contribution in [0.4, 0.5) is 21.0 Å². The van der Waals surface area contributed by atoms with Crippen molar-refractivity contribution in [3.05, 3.63) is 122 Å². The number of carbonyl (C=O) groups excluding carboxylic acids is 7. The van der Waals surface area contributed by atoms with E-state index in [0.717, 1.165) is 22.4 Å². The third kappa shape index (κ3) is 16.3. The Labute approximate surface area is 392 Å². The van der Waals surface area contributed by atoms with Crippen LogP contribution in [0.1, 0.15) is 73.9 Å². The number of aromatic nitrogens is 1. The topological polar surface area (TPSA) is 249 Å². The molecular formula is C48H58N8O10S. The summed E-state index contributed by atoms with van der Waals surface area (Å²) < 4.78 is 12.8. The third-order valence-corrected chi connectivity index (χ3v) is 11.8. The quantitative estimate of drug-likeness (QED) is 0.0377. The van der Waals surface area contributed by atoms with Crippen LogP contribution in [-0.4, -0.2) is 82.9 Å². The highest BCUT2D eigenvalue weighted by molar-refractivity contribution is 7.09. The predicted octanol–water partition coefficient (Wildman–Crippen LogP) is 5.13. The van der Waals surface area contributed by atoms with E-state index in [9.17, 15) is 38.4 Å². The van der Waals surface area contributed by atoms with Gasteiger partial charge in [-0.25, -0.2) is 9.59 Å². The van der Waals surface area contributed by atoms with E-state index in [1.54, 1.807) is 78.4 Å². The molecule has 5 rings (SSSR count). The van der Waals surface area contributed by atoms with Crippen LogP contribution in [0.25, 0.3) is 0 Å². The van der Waals surface area contributed by atoms with Gasteiger partial charge in [-0.1, -0.05) is 50.6 Å². The summed E-state index contributed by atoms with van der Waals surface area (Å²) in [6.45, 7) is 6.45. The second kappa shape index (κ2) is 25.4. The summed E-state index contributed by atoms with van der Waals surface area (Å²) in [6.07, 6.45) is 6.34. The van der Waals surface area contributed by atoms with E-state index in [2.05, 4.69) is 26.6 Å². The molecule has 67 heavy (non-hydrogen) atoms. The molecule has 2 atom stereocenters. The number of nitrogens with one attached hydrogen (secondary N) is 5. The molecular weight excluding hydrogens is 881 g/mol. The maximum atomic E-state index is 13.6. The molecule has 356 valence electrons. The number of benzene rings is 2. The molecule has 18 nitrogen and oxygen atoms in total. The SMILES string of the molecule is Cc1c(Cn2ccc(OCCc3cccs3)cc2=O)cccc1NC(=O)OCc1ccc(NC(=O)C(CCCNC(N)=O)NC(=O)C(NC(=O)CCCCCN2C(=O)C=CC2=O)C(C)C)cc1. The molecule has 0 aliphatic carbocycles. The molecule has 2 unspecified atom stereocenters. The lowest BCUT2D eigenvalue weighted by molar-refractivity contribution is -0.137. The van der Waals surface area contributed by atoms with Gasteiger partial charge in [0.1, 0.15) is 24.4 Å². The minimum Gasteiger partial charge on any atom is -0.493 e. The molecule has 1 aliphatic heterocycles. The van der Waals surface area contributed by atoms with Gasteiger partial charge < -0.3 is 41.0 Å². The largest absolute Gasteiger partial charge is 0.493 e. The molecule has 8 amide bonds. The number of urea groups is 1. The Balaban J connectivity index is 1.09. The number of hydrogen-bond acceptors (Lipinski definition) is 11. The number of imide groups is 1. The molecule has 19 heteroatoms. The van der Waals surface area contributed by atoms with Gasteiger partial charge in [-0.05, 0) is 90.9 Å². The average Bonchev–Trinajstić information content (AvgIpc) is 3.93. The number of anilines is 2.